The number of furan rings is 1. The summed E-state index contributed by atoms with van der Waals surface area (Å²) in [4.78, 5) is 2.29. The highest BCUT2D eigenvalue weighted by Gasteiger charge is 2.16. The van der Waals surface area contributed by atoms with Crippen LogP contribution in [0.4, 0.5) is 5.69 Å². The number of ether oxygens (including phenoxy) is 2. The first kappa shape index (κ1) is 15.8. The molecule has 0 amide bonds. The Morgan fingerprint density at radius 1 is 0.778 bits per heavy atom. The number of rotatable bonds is 5. The SMILES string of the molecule is C1=C(CN(Cc2ccccc2)c2ccc3oc4ccccc4c3c2)OCO1. The fourth-order valence-electron chi connectivity index (χ4n) is 3.49. The number of anilines is 1. The van der Waals surface area contributed by atoms with Crippen LogP contribution in [0.1, 0.15) is 5.56 Å². The van der Waals surface area contributed by atoms with Gasteiger partial charge in [-0.05, 0) is 29.8 Å². The monoisotopic (exact) mass is 357 g/mol. The zero-order chi connectivity index (χ0) is 18.1. The molecule has 0 fully saturated rings. The normalized spacial score (nSPS) is 13.4. The quantitative estimate of drug-likeness (QED) is 0.476. The first-order valence-electron chi connectivity index (χ1n) is 9.00. The van der Waals surface area contributed by atoms with Gasteiger partial charge in [0.25, 0.3) is 0 Å². The van der Waals surface area contributed by atoms with Crippen LogP contribution >= 0.6 is 0 Å². The minimum atomic E-state index is 0.292. The number of hydrogen-bond donors (Lipinski definition) is 0. The topological polar surface area (TPSA) is 34.8 Å². The Kier molecular flexibility index (Phi) is 3.94. The average molecular weight is 357 g/mol. The molecule has 0 atom stereocenters. The van der Waals surface area contributed by atoms with Crippen LogP contribution in [-0.4, -0.2) is 13.3 Å². The molecule has 2 heterocycles. The molecule has 5 rings (SSSR count). The molecule has 0 N–H and O–H groups in total. The second-order valence-corrected chi connectivity index (χ2v) is 6.63. The van der Waals surface area contributed by atoms with Gasteiger partial charge in [0.1, 0.15) is 17.4 Å². The highest BCUT2D eigenvalue weighted by molar-refractivity contribution is 6.05. The van der Waals surface area contributed by atoms with Gasteiger partial charge in [-0.15, -0.1) is 0 Å². The van der Waals surface area contributed by atoms with Gasteiger partial charge in [-0.1, -0.05) is 48.5 Å². The first-order chi connectivity index (χ1) is 13.4. The van der Waals surface area contributed by atoms with Crippen molar-refractivity contribution in [3.05, 3.63) is 90.4 Å². The van der Waals surface area contributed by atoms with Crippen LogP contribution in [0.3, 0.4) is 0 Å². The van der Waals surface area contributed by atoms with Crippen molar-refractivity contribution >= 4 is 27.6 Å². The molecule has 4 nitrogen and oxygen atoms in total. The van der Waals surface area contributed by atoms with E-state index in [1.165, 1.54) is 5.56 Å². The van der Waals surface area contributed by atoms with Crippen molar-refractivity contribution in [2.45, 2.75) is 6.54 Å². The smallest absolute Gasteiger partial charge is 0.229 e. The fourth-order valence-corrected chi connectivity index (χ4v) is 3.49. The van der Waals surface area contributed by atoms with Crippen LogP contribution in [0.5, 0.6) is 0 Å². The lowest BCUT2D eigenvalue weighted by molar-refractivity contribution is 0.0797. The molecule has 0 radical (unpaired) electrons. The first-order valence-corrected chi connectivity index (χ1v) is 9.00. The van der Waals surface area contributed by atoms with Gasteiger partial charge in [0.15, 0.2) is 5.76 Å². The largest absolute Gasteiger partial charge is 0.462 e. The van der Waals surface area contributed by atoms with Crippen molar-refractivity contribution in [2.75, 3.05) is 18.2 Å². The molecule has 0 spiro atoms. The molecule has 4 aromatic rings. The Bertz CT molecular complexity index is 1110. The third-order valence-corrected chi connectivity index (χ3v) is 4.82. The maximum atomic E-state index is 5.96. The standard InChI is InChI=1S/C23H19NO3/c1-2-6-17(7-3-1)13-24(14-19-15-25-16-26-19)18-10-11-23-21(12-18)20-8-4-5-9-22(20)27-23/h1-12,15H,13-14,16H2. The molecule has 1 aliphatic heterocycles. The maximum Gasteiger partial charge on any atom is 0.229 e. The average Bonchev–Trinajstić information content (AvgIpc) is 3.35. The Balaban J connectivity index is 1.56. The minimum absolute atomic E-state index is 0.292. The molecule has 0 saturated carbocycles. The molecule has 1 aromatic heterocycles. The van der Waals surface area contributed by atoms with Crippen molar-refractivity contribution in [2.24, 2.45) is 0 Å². The van der Waals surface area contributed by atoms with Gasteiger partial charge >= 0.3 is 0 Å². The molecular weight excluding hydrogens is 338 g/mol. The van der Waals surface area contributed by atoms with Crippen LogP contribution in [0.15, 0.2) is 89.2 Å². The zero-order valence-electron chi connectivity index (χ0n) is 14.8. The van der Waals surface area contributed by atoms with Crippen LogP contribution in [-0.2, 0) is 16.0 Å². The summed E-state index contributed by atoms with van der Waals surface area (Å²) in [6, 6.07) is 24.9. The van der Waals surface area contributed by atoms with E-state index in [4.69, 9.17) is 13.9 Å². The van der Waals surface area contributed by atoms with Crippen molar-refractivity contribution in [1.29, 1.82) is 0 Å². The summed E-state index contributed by atoms with van der Waals surface area (Å²) in [7, 11) is 0. The van der Waals surface area contributed by atoms with Crippen molar-refractivity contribution in [1.82, 2.24) is 0 Å². The van der Waals surface area contributed by atoms with Crippen LogP contribution in [0.2, 0.25) is 0 Å². The highest BCUT2D eigenvalue weighted by atomic mass is 16.7. The molecule has 3 aromatic carbocycles. The third-order valence-electron chi connectivity index (χ3n) is 4.82. The Morgan fingerprint density at radius 3 is 2.44 bits per heavy atom. The van der Waals surface area contributed by atoms with Gasteiger partial charge in [-0.25, -0.2) is 0 Å². The molecule has 0 bridgehead atoms. The van der Waals surface area contributed by atoms with Crippen molar-refractivity contribution in [3.63, 3.8) is 0 Å². The van der Waals surface area contributed by atoms with E-state index < -0.39 is 0 Å². The van der Waals surface area contributed by atoms with E-state index in [2.05, 4.69) is 47.4 Å². The molecule has 0 saturated heterocycles. The molecule has 0 aliphatic carbocycles. The Labute approximate surface area is 157 Å². The molecular formula is C23H19NO3. The lowest BCUT2D eigenvalue weighted by Gasteiger charge is -2.25. The number of nitrogens with zero attached hydrogens (tertiary/aromatic N) is 1. The predicted octanol–water partition coefficient (Wildman–Crippen LogP) is 5.44. The Hall–Kier alpha value is -3.40. The molecule has 134 valence electrons. The lowest BCUT2D eigenvalue weighted by atomic mass is 10.1. The van der Waals surface area contributed by atoms with Crippen LogP contribution in [0, 0.1) is 0 Å². The van der Waals surface area contributed by atoms with E-state index >= 15 is 0 Å². The maximum absolute atomic E-state index is 5.96. The summed E-state index contributed by atoms with van der Waals surface area (Å²) >= 11 is 0. The number of benzene rings is 3. The summed E-state index contributed by atoms with van der Waals surface area (Å²) < 4.78 is 16.8. The lowest BCUT2D eigenvalue weighted by Crippen LogP contribution is -2.25. The third kappa shape index (κ3) is 3.10. The van der Waals surface area contributed by atoms with Gasteiger partial charge in [-0.2, -0.15) is 0 Å². The summed E-state index contributed by atoms with van der Waals surface area (Å²) in [5, 5.41) is 2.26. The minimum Gasteiger partial charge on any atom is -0.462 e. The van der Waals surface area contributed by atoms with E-state index in [0.717, 1.165) is 39.9 Å². The van der Waals surface area contributed by atoms with Crippen molar-refractivity contribution < 1.29 is 13.9 Å². The van der Waals surface area contributed by atoms with Gasteiger partial charge in [0.05, 0.1) is 6.54 Å². The second kappa shape index (κ2) is 6.72. The summed E-state index contributed by atoms with van der Waals surface area (Å²) in [5.41, 5.74) is 4.18. The van der Waals surface area contributed by atoms with E-state index in [1.807, 2.05) is 30.3 Å². The number of hydrogen-bond acceptors (Lipinski definition) is 4. The molecule has 1 aliphatic rings. The molecule has 0 unspecified atom stereocenters. The predicted molar refractivity (Wildman–Crippen MR) is 106 cm³/mol. The summed E-state index contributed by atoms with van der Waals surface area (Å²) in [6.07, 6.45) is 1.70. The van der Waals surface area contributed by atoms with E-state index in [9.17, 15) is 0 Å². The van der Waals surface area contributed by atoms with E-state index in [0.29, 0.717) is 13.3 Å². The van der Waals surface area contributed by atoms with Gasteiger partial charge in [0, 0.05) is 23.0 Å². The zero-order valence-corrected chi connectivity index (χ0v) is 14.8. The Morgan fingerprint density at radius 2 is 1.59 bits per heavy atom. The van der Waals surface area contributed by atoms with Crippen LogP contribution < -0.4 is 4.90 Å². The van der Waals surface area contributed by atoms with Crippen molar-refractivity contribution in [3.8, 4) is 0 Å². The highest BCUT2D eigenvalue weighted by Crippen LogP contribution is 2.32. The summed E-state index contributed by atoms with van der Waals surface area (Å²) in [5.74, 6) is 0.836. The number of para-hydroxylation sites is 1. The van der Waals surface area contributed by atoms with Crippen LogP contribution in [0.25, 0.3) is 21.9 Å². The molecule has 4 heteroatoms. The molecule has 27 heavy (non-hydrogen) atoms. The van der Waals surface area contributed by atoms with Gasteiger partial charge in [-0.3, -0.25) is 0 Å². The van der Waals surface area contributed by atoms with Gasteiger partial charge in [0.2, 0.25) is 6.79 Å². The number of fused-ring (bicyclic) bond motifs is 3. The summed E-state index contributed by atoms with van der Waals surface area (Å²) in [6.45, 7) is 1.72. The second-order valence-electron chi connectivity index (χ2n) is 6.63. The van der Waals surface area contributed by atoms with Gasteiger partial charge < -0.3 is 18.8 Å². The fraction of sp³-hybridized carbons (Fsp3) is 0.130. The van der Waals surface area contributed by atoms with E-state index in [-0.39, 0.29) is 0 Å². The van der Waals surface area contributed by atoms with E-state index in [1.54, 1.807) is 6.26 Å².